The molecule has 0 N–H and O–H groups in total. The van der Waals surface area contributed by atoms with E-state index in [0.29, 0.717) is 6.42 Å². The SMILES string of the molecule is O=C(CSc1ncnc2sc(-c3ccccc3)cc12)N(C1CC1)C1CCS(=O)(=O)C1. The molecule has 1 saturated heterocycles. The summed E-state index contributed by atoms with van der Waals surface area (Å²) in [6, 6.07) is 12.3. The zero-order valence-electron chi connectivity index (χ0n) is 16.2. The molecular formula is C21H21N3O3S3. The van der Waals surface area contributed by atoms with Crippen LogP contribution in [-0.2, 0) is 14.6 Å². The molecule has 2 aromatic heterocycles. The third kappa shape index (κ3) is 4.10. The monoisotopic (exact) mass is 459 g/mol. The molecule has 3 heterocycles. The lowest BCUT2D eigenvalue weighted by atomic mass is 10.2. The minimum atomic E-state index is -3.02. The van der Waals surface area contributed by atoms with Crippen LogP contribution in [0.15, 0.2) is 47.8 Å². The molecule has 1 atom stereocenters. The number of benzene rings is 1. The molecule has 2 aliphatic rings. The zero-order valence-corrected chi connectivity index (χ0v) is 18.7. The van der Waals surface area contributed by atoms with Crippen molar-refractivity contribution in [3.8, 4) is 10.4 Å². The highest BCUT2D eigenvalue weighted by atomic mass is 32.2. The minimum Gasteiger partial charge on any atom is -0.335 e. The lowest BCUT2D eigenvalue weighted by Crippen LogP contribution is -2.43. The lowest BCUT2D eigenvalue weighted by molar-refractivity contribution is -0.130. The van der Waals surface area contributed by atoms with Crippen molar-refractivity contribution < 1.29 is 13.2 Å². The summed E-state index contributed by atoms with van der Waals surface area (Å²) in [6.07, 6.45) is 4.03. The molecule has 1 aliphatic carbocycles. The predicted octanol–water partition coefficient (Wildman–Crippen LogP) is 3.63. The average Bonchev–Trinajstić information content (AvgIpc) is 3.36. The van der Waals surface area contributed by atoms with Gasteiger partial charge in [0.1, 0.15) is 16.2 Å². The summed E-state index contributed by atoms with van der Waals surface area (Å²) in [7, 11) is -3.02. The van der Waals surface area contributed by atoms with E-state index < -0.39 is 9.84 Å². The largest absolute Gasteiger partial charge is 0.335 e. The van der Waals surface area contributed by atoms with E-state index in [9.17, 15) is 13.2 Å². The molecular weight excluding hydrogens is 438 g/mol. The van der Waals surface area contributed by atoms with Crippen molar-refractivity contribution in [3.05, 3.63) is 42.7 Å². The maximum absolute atomic E-state index is 13.0. The molecule has 1 aromatic carbocycles. The Morgan fingerprint density at radius 2 is 1.93 bits per heavy atom. The van der Waals surface area contributed by atoms with Gasteiger partial charge in [0.2, 0.25) is 5.91 Å². The quantitative estimate of drug-likeness (QED) is 0.414. The van der Waals surface area contributed by atoms with E-state index in [-0.39, 0.29) is 35.2 Å². The van der Waals surface area contributed by atoms with Crippen molar-refractivity contribution in [1.29, 1.82) is 0 Å². The molecule has 0 bridgehead atoms. The molecule has 1 amide bonds. The number of aromatic nitrogens is 2. The minimum absolute atomic E-state index is 0.00914. The van der Waals surface area contributed by atoms with Crippen LogP contribution in [0.5, 0.6) is 0 Å². The van der Waals surface area contributed by atoms with Crippen molar-refractivity contribution >= 4 is 49.1 Å². The number of carbonyl (C=O) groups is 1. The fourth-order valence-corrected chi connectivity index (χ4v) is 7.57. The Morgan fingerprint density at radius 3 is 2.63 bits per heavy atom. The van der Waals surface area contributed by atoms with Gasteiger partial charge in [-0.15, -0.1) is 11.3 Å². The Labute approximate surface area is 183 Å². The summed E-state index contributed by atoms with van der Waals surface area (Å²) in [5.41, 5.74) is 1.13. The van der Waals surface area contributed by atoms with Gasteiger partial charge in [-0.2, -0.15) is 0 Å². The van der Waals surface area contributed by atoms with E-state index in [1.165, 1.54) is 11.8 Å². The molecule has 1 aliphatic heterocycles. The summed E-state index contributed by atoms with van der Waals surface area (Å²) in [4.78, 5) is 25.7. The van der Waals surface area contributed by atoms with E-state index in [1.807, 2.05) is 23.1 Å². The topological polar surface area (TPSA) is 80.2 Å². The second kappa shape index (κ2) is 7.94. The third-order valence-corrected chi connectivity index (χ3v) is 9.35. The van der Waals surface area contributed by atoms with E-state index in [4.69, 9.17) is 0 Å². The number of nitrogens with zero attached hydrogens (tertiary/aromatic N) is 3. The Morgan fingerprint density at radius 1 is 1.13 bits per heavy atom. The maximum atomic E-state index is 13.0. The number of sulfone groups is 1. The second-order valence-corrected chi connectivity index (χ2v) is 12.0. The van der Waals surface area contributed by atoms with Crippen LogP contribution in [0.2, 0.25) is 0 Å². The molecule has 0 radical (unpaired) electrons. The van der Waals surface area contributed by atoms with E-state index in [2.05, 4.69) is 28.2 Å². The molecule has 30 heavy (non-hydrogen) atoms. The van der Waals surface area contributed by atoms with E-state index >= 15 is 0 Å². The van der Waals surface area contributed by atoms with Crippen LogP contribution in [-0.4, -0.2) is 58.5 Å². The van der Waals surface area contributed by atoms with Crippen LogP contribution < -0.4 is 0 Å². The van der Waals surface area contributed by atoms with Crippen molar-refractivity contribution in [1.82, 2.24) is 14.9 Å². The number of rotatable bonds is 6. The smallest absolute Gasteiger partial charge is 0.233 e. The molecule has 3 aromatic rings. The number of carbonyl (C=O) groups excluding carboxylic acids is 1. The van der Waals surface area contributed by atoms with E-state index in [0.717, 1.165) is 38.5 Å². The van der Waals surface area contributed by atoms with Crippen molar-refractivity contribution in [3.63, 3.8) is 0 Å². The highest BCUT2D eigenvalue weighted by molar-refractivity contribution is 8.00. The highest BCUT2D eigenvalue weighted by Crippen LogP contribution is 2.37. The van der Waals surface area contributed by atoms with Gasteiger partial charge in [-0.05, 0) is 30.9 Å². The first-order valence-electron chi connectivity index (χ1n) is 9.94. The average molecular weight is 460 g/mol. The van der Waals surface area contributed by atoms with Crippen LogP contribution in [0.25, 0.3) is 20.7 Å². The molecule has 2 fully saturated rings. The standard InChI is InChI=1S/C21H21N3O3S3/c25-19(24(15-6-7-15)16-8-9-30(26,27)12-16)11-28-20-17-10-18(14-4-2-1-3-5-14)29-21(17)23-13-22-20/h1-5,10,13,15-16H,6-9,11-12H2. The van der Waals surface area contributed by atoms with Gasteiger partial charge in [-0.25, -0.2) is 18.4 Å². The van der Waals surface area contributed by atoms with Crippen LogP contribution in [0.3, 0.4) is 0 Å². The summed E-state index contributed by atoms with van der Waals surface area (Å²) in [5.74, 6) is 0.554. The van der Waals surface area contributed by atoms with Gasteiger partial charge in [0.05, 0.1) is 17.3 Å². The fourth-order valence-electron chi connectivity index (χ4n) is 3.95. The summed E-state index contributed by atoms with van der Waals surface area (Å²) in [5, 5.41) is 1.75. The number of thioether (sulfide) groups is 1. The molecule has 1 unspecified atom stereocenters. The van der Waals surface area contributed by atoms with Crippen molar-refractivity contribution in [2.45, 2.75) is 36.4 Å². The Balaban J connectivity index is 1.34. The van der Waals surface area contributed by atoms with Crippen molar-refractivity contribution in [2.75, 3.05) is 17.3 Å². The molecule has 156 valence electrons. The maximum Gasteiger partial charge on any atom is 0.233 e. The normalized spacial score (nSPS) is 20.5. The number of hydrogen-bond donors (Lipinski definition) is 0. The van der Waals surface area contributed by atoms with E-state index in [1.54, 1.807) is 17.7 Å². The van der Waals surface area contributed by atoms with Gasteiger partial charge in [0.25, 0.3) is 0 Å². The second-order valence-electron chi connectivity index (χ2n) is 7.75. The Hall–Kier alpha value is -1.97. The first kappa shape index (κ1) is 20.0. The van der Waals surface area contributed by atoms with Gasteiger partial charge in [0, 0.05) is 22.3 Å². The molecule has 9 heteroatoms. The van der Waals surface area contributed by atoms with Crippen LogP contribution in [0.1, 0.15) is 19.3 Å². The Kier molecular flexibility index (Phi) is 5.28. The summed E-state index contributed by atoms with van der Waals surface area (Å²) in [6.45, 7) is 0. The van der Waals surface area contributed by atoms with Crippen LogP contribution in [0, 0.1) is 0 Å². The van der Waals surface area contributed by atoms with Gasteiger partial charge in [-0.3, -0.25) is 4.79 Å². The zero-order chi connectivity index (χ0) is 20.7. The van der Waals surface area contributed by atoms with Crippen LogP contribution in [0.4, 0.5) is 0 Å². The molecule has 6 nitrogen and oxygen atoms in total. The molecule has 1 saturated carbocycles. The molecule has 5 rings (SSSR count). The van der Waals surface area contributed by atoms with Crippen molar-refractivity contribution in [2.24, 2.45) is 0 Å². The lowest BCUT2D eigenvalue weighted by Gasteiger charge is -2.28. The number of hydrogen-bond acceptors (Lipinski definition) is 7. The number of fused-ring (bicyclic) bond motifs is 1. The van der Waals surface area contributed by atoms with Crippen LogP contribution >= 0.6 is 23.1 Å². The first-order chi connectivity index (χ1) is 14.5. The predicted molar refractivity (Wildman–Crippen MR) is 121 cm³/mol. The van der Waals surface area contributed by atoms with Gasteiger partial charge < -0.3 is 4.90 Å². The third-order valence-electron chi connectivity index (χ3n) is 5.51. The van der Waals surface area contributed by atoms with Gasteiger partial charge >= 0.3 is 0 Å². The van der Waals surface area contributed by atoms with Gasteiger partial charge in [-0.1, -0.05) is 42.1 Å². The number of amides is 1. The highest BCUT2D eigenvalue weighted by Gasteiger charge is 2.41. The summed E-state index contributed by atoms with van der Waals surface area (Å²) < 4.78 is 23.8. The fraction of sp³-hybridized carbons (Fsp3) is 0.381. The molecule has 0 spiro atoms. The van der Waals surface area contributed by atoms with Gasteiger partial charge in [0.15, 0.2) is 9.84 Å². The Bertz CT molecular complexity index is 1190. The summed E-state index contributed by atoms with van der Waals surface area (Å²) >= 11 is 3.03. The number of thiophene rings is 1. The first-order valence-corrected chi connectivity index (χ1v) is 13.6.